The average molecular weight is 855 g/mol. The van der Waals surface area contributed by atoms with E-state index in [1.807, 2.05) is 90.0 Å². The Balaban J connectivity index is 5.76. The van der Waals surface area contributed by atoms with Crippen LogP contribution in [0, 0.1) is 23.2 Å². The van der Waals surface area contributed by atoms with E-state index in [9.17, 15) is 28.8 Å². The summed E-state index contributed by atoms with van der Waals surface area (Å²) in [6.45, 7) is 29.7. The Morgan fingerprint density at radius 2 is 0.667 bits per heavy atom. The van der Waals surface area contributed by atoms with Crippen LogP contribution in [0.5, 0.6) is 0 Å². The molecule has 3 atom stereocenters. The van der Waals surface area contributed by atoms with Gasteiger partial charge in [0.15, 0.2) is 0 Å². The number of carbonyl (C=O) groups is 6. The largest absolute Gasteiger partial charge is 0.380 e. The molecule has 0 aliphatic heterocycles. The minimum atomic E-state index is -0.680. The minimum absolute atomic E-state index is 0.0511. The summed E-state index contributed by atoms with van der Waals surface area (Å²) in [7, 11) is 0. The van der Waals surface area contributed by atoms with Crippen molar-refractivity contribution in [1.29, 1.82) is 0 Å². The van der Waals surface area contributed by atoms with Gasteiger partial charge in [-0.15, -0.1) is 0 Å². The Labute approximate surface area is 363 Å². The van der Waals surface area contributed by atoms with Crippen molar-refractivity contribution in [2.45, 2.75) is 153 Å². The summed E-state index contributed by atoms with van der Waals surface area (Å²) in [5, 5.41) is 8.75. The van der Waals surface area contributed by atoms with Gasteiger partial charge < -0.3 is 44.9 Å². The van der Waals surface area contributed by atoms with Crippen LogP contribution in [-0.2, 0) is 43.0 Å². The Hall–Kier alpha value is -3.30. The highest BCUT2D eigenvalue weighted by molar-refractivity contribution is 5.89. The molecule has 0 aliphatic rings. The first-order valence-corrected chi connectivity index (χ1v) is 22.8. The van der Waals surface area contributed by atoms with E-state index in [1.54, 1.807) is 14.7 Å². The predicted molar refractivity (Wildman–Crippen MR) is 237 cm³/mol. The highest BCUT2D eigenvalue weighted by Crippen LogP contribution is 2.25. The third-order valence-electron chi connectivity index (χ3n) is 10.6. The molecule has 15 nitrogen and oxygen atoms in total. The molecule has 6 amide bonds. The van der Waals surface area contributed by atoms with Crippen molar-refractivity contribution >= 4 is 35.4 Å². The average Bonchev–Trinajstić information content (AvgIpc) is 3.19. The van der Waals surface area contributed by atoms with Crippen molar-refractivity contribution in [2.75, 3.05) is 78.9 Å². The lowest BCUT2D eigenvalue weighted by molar-refractivity contribution is -0.137. The van der Waals surface area contributed by atoms with E-state index >= 15 is 0 Å². The molecule has 0 saturated carbocycles. The van der Waals surface area contributed by atoms with Crippen LogP contribution in [0.15, 0.2) is 0 Å². The summed E-state index contributed by atoms with van der Waals surface area (Å²) in [6, 6.07) is -1.85. The van der Waals surface area contributed by atoms with Crippen LogP contribution in [0.4, 0.5) is 0 Å². The summed E-state index contributed by atoms with van der Waals surface area (Å²) in [5.74, 6) is -0.497. The number of carbonyl (C=O) groups excluding carboxylic acids is 6. The van der Waals surface area contributed by atoms with Gasteiger partial charge in [0, 0.05) is 63.9 Å². The molecule has 350 valence electrons. The molecule has 0 bridgehead atoms. The summed E-state index contributed by atoms with van der Waals surface area (Å²) < 4.78 is 18.3. The molecule has 3 unspecified atom stereocenters. The van der Waals surface area contributed by atoms with Crippen molar-refractivity contribution in [2.24, 2.45) is 23.2 Å². The quantitative estimate of drug-likeness (QED) is 0.0769. The molecule has 0 radical (unpaired) electrons. The van der Waals surface area contributed by atoms with Gasteiger partial charge in [0.1, 0.15) is 18.1 Å². The number of rotatable bonds is 34. The number of hydrogen-bond acceptors (Lipinski definition) is 9. The van der Waals surface area contributed by atoms with Gasteiger partial charge in [-0.2, -0.15) is 0 Å². The van der Waals surface area contributed by atoms with E-state index in [1.165, 1.54) is 0 Å². The van der Waals surface area contributed by atoms with E-state index in [4.69, 9.17) is 14.2 Å². The summed E-state index contributed by atoms with van der Waals surface area (Å²) in [4.78, 5) is 83.7. The van der Waals surface area contributed by atoms with Gasteiger partial charge in [-0.3, -0.25) is 28.8 Å². The fraction of sp³-hybridized carbons (Fsp3) is 0.867. The Bertz CT molecular complexity index is 1110. The lowest BCUT2D eigenvalue weighted by Crippen LogP contribution is -2.49. The first-order valence-electron chi connectivity index (χ1n) is 22.8. The smallest absolute Gasteiger partial charge is 0.245 e. The summed E-state index contributed by atoms with van der Waals surface area (Å²) in [6.07, 6.45) is 2.30. The molecule has 0 aromatic carbocycles. The maximum absolute atomic E-state index is 13.1. The Morgan fingerprint density at radius 3 is 0.850 bits per heavy atom. The Morgan fingerprint density at radius 1 is 0.433 bits per heavy atom. The number of hydrogen-bond donors (Lipinski definition) is 3. The molecule has 3 N–H and O–H groups in total. The molecular weight excluding hydrogens is 769 g/mol. The van der Waals surface area contributed by atoms with Gasteiger partial charge in [-0.05, 0) is 85.0 Å². The van der Waals surface area contributed by atoms with Crippen molar-refractivity contribution in [3.63, 3.8) is 0 Å². The van der Waals surface area contributed by atoms with E-state index in [2.05, 4.69) is 16.0 Å². The number of likely N-dealkylation sites (N-methyl/N-ethyl adjacent to an activating group) is 3. The van der Waals surface area contributed by atoms with Crippen LogP contribution in [0.2, 0.25) is 0 Å². The van der Waals surface area contributed by atoms with Gasteiger partial charge in [-0.1, -0.05) is 48.5 Å². The molecule has 15 heteroatoms. The SMILES string of the molecule is CCN(CC)C(=O)C(CC(C)C)NC(=O)CCOCC(CC)(COCCC(=O)NC(CC(C)C)C(=O)N(CC)CC)COCCC(=O)NC(CC(C)C)C(=O)N(CC)CC. The zero-order valence-corrected chi connectivity index (χ0v) is 39.9. The van der Waals surface area contributed by atoms with E-state index in [-0.39, 0.29) is 112 Å². The first kappa shape index (κ1) is 56.7. The highest BCUT2D eigenvalue weighted by atomic mass is 16.5. The Kier molecular flexibility index (Phi) is 29.8. The van der Waals surface area contributed by atoms with Crippen molar-refractivity contribution < 1.29 is 43.0 Å². The molecule has 0 fully saturated rings. The van der Waals surface area contributed by atoms with Gasteiger partial charge >= 0.3 is 0 Å². The topological polar surface area (TPSA) is 176 Å². The molecule has 0 heterocycles. The second kappa shape index (κ2) is 31.5. The fourth-order valence-electron chi connectivity index (χ4n) is 6.94. The number of amides is 6. The minimum Gasteiger partial charge on any atom is -0.380 e. The summed E-state index contributed by atoms with van der Waals surface area (Å²) in [5.41, 5.74) is -0.680. The van der Waals surface area contributed by atoms with Crippen molar-refractivity contribution in [3.05, 3.63) is 0 Å². The maximum Gasteiger partial charge on any atom is 0.245 e. The zero-order valence-electron chi connectivity index (χ0n) is 39.9. The fourth-order valence-corrected chi connectivity index (χ4v) is 6.94. The third kappa shape index (κ3) is 22.5. The lowest BCUT2D eigenvalue weighted by atomic mass is 9.88. The normalized spacial score (nSPS) is 14.0. The molecule has 0 aliphatic carbocycles. The van der Waals surface area contributed by atoms with Crippen LogP contribution in [-0.4, -0.2) is 147 Å². The van der Waals surface area contributed by atoms with Crippen LogP contribution >= 0.6 is 0 Å². The highest BCUT2D eigenvalue weighted by Gasteiger charge is 2.32. The molecule has 60 heavy (non-hydrogen) atoms. The molecule has 0 aromatic heterocycles. The van der Waals surface area contributed by atoms with E-state index in [0.29, 0.717) is 65.0 Å². The van der Waals surface area contributed by atoms with Crippen molar-refractivity contribution in [3.8, 4) is 0 Å². The maximum atomic E-state index is 13.1. The van der Waals surface area contributed by atoms with Crippen LogP contribution in [0.1, 0.15) is 135 Å². The number of ether oxygens (including phenoxy) is 3. The zero-order chi connectivity index (χ0) is 45.8. The van der Waals surface area contributed by atoms with E-state index in [0.717, 1.165) is 0 Å². The second-order valence-corrected chi connectivity index (χ2v) is 17.0. The molecule has 0 saturated heterocycles. The van der Waals surface area contributed by atoms with Gasteiger partial charge in [0.2, 0.25) is 35.4 Å². The third-order valence-corrected chi connectivity index (χ3v) is 10.6. The molecular formula is C45H86N6O9. The molecule has 0 rings (SSSR count). The standard InChI is InChI=1S/C45H86N6O9/c1-14-45(30-58-24-21-39(52)46-36(27-33(8)9)42(55)49(15-2)16-3,31-59-25-22-40(53)47-37(28-34(10)11)43(56)50(17-4)18-5)32-60-26-23-41(54)48-38(29-35(12)13)44(57)51(19-6)20-7/h33-38H,14-32H2,1-13H3,(H,46,52)(H,47,53)(H,48,54). The van der Waals surface area contributed by atoms with Crippen LogP contribution < -0.4 is 16.0 Å². The van der Waals surface area contributed by atoms with Gasteiger partial charge in [-0.25, -0.2) is 0 Å². The van der Waals surface area contributed by atoms with Gasteiger partial charge in [0.05, 0.1) is 39.6 Å². The summed E-state index contributed by atoms with van der Waals surface area (Å²) >= 11 is 0. The van der Waals surface area contributed by atoms with Crippen molar-refractivity contribution in [1.82, 2.24) is 30.7 Å². The lowest BCUT2D eigenvalue weighted by Gasteiger charge is -2.32. The number of nitrogens with zero attached hydrogens (tertiary/aromatic N) is 3. The van der Waals surface area contributed by atoms with Gasteiger partial charge in [0.25, 0.3) is 0 Å². The monoisotopic (exact) mass is 855 g/mol. The van der Waals surface area contributed by atoms with Crippen LogP contribution in [0.3, 0.4) is 0 Å². The van der Waals surface area contributed by atoms with E-state index < -0.39 is 23.5 Å². The molecule has 0 spiro atoms. The predicted octanol–water partition coefficient (Wildman–Crippen LogP) is 4.80. The number of nitrogens with one attached hydrogen (secondary N) is 3. The van der Waals surface area contributed by atoms with Crippen LogP contribution in [0.25, 0.3) is 0 Å². The second-order valence-electron chi connectivity index (χ2n) is 17.0. The first-order chi connectivity index (χ1) is 28.4. The molecule has 0 aromatic rings.